The standard InChI is InChI=1S/C15H26N4O7S2/c1-6(2)11(16)14(24)17-7(3-10(20)21)12(22)18-8(4-27)13(23)19-9(5-28)15(25)26/h6-9,11,27-28H,3-5,16H2,1-2H3,(H,17,24)(H,18,22)(H,19,23)(H,20,21)(H,25,26). The minimum Gasteiger partial charge on any atom is -0.481 e. The lowest BCUT2D eigenvalue weighted by molar-refractivity contribution is -0.142. The van der Waals surface area contributed by atoms with Gasteiger partial charge in [0, 0.05) is 11.5 Å². The summed E-state index contributed by atoms with van der Waals surface area (Å²) in [4.78, 5) is 58.6. The highest BCUT2D eigenvalue weighted by molar-refractivity contribution is 7.80. The highest BCUT2D eigenvalue weighted by atomic mass is 32.1. The van der Waals surface area contributed by atoms with E-state index >= 15 is 0 Å². The van der Waals surface area contributed by atoms with Gasteiger partial charge in [-0.1, -0.05) is 13.8 Å². The van der Waals surface area contributed by atoms with Crippen molar-refractivity contribution in [2.24, 2.45) is 11.7 Å². The third-order valence-electron chi connectivity index (χ3n) is 3.65. The second-order valence-electron chi connectivity index (χ2n) is 6.25. The van der Waals surface area contributed by atoms with E-state index in [0.29, 0.717) is 0 Å². The van der Waals surface area contributed by atoms with Gasteiger partial charge in [0.15, 0.2) is 0 Å². The quantitative estimate of drug-likeness (QED) is 0.158. The first kappa shape index (κ1) is 26.0. The molecule has 28 heavy (non-hydrogen) atoms. The van der Waals surface area contributed by atoms with Gasteiger partial charge in [-0.15, -0.1) is 0 Å². The smallest absolute Gasteiger partial charge is 0.327 e. The molecule has 0 aromatic heterocycles. The molecule has 0 aliphatic rings. The average Bonchev–Trinajstić information content (AvgIpc) is 2.61. The number of thiol groups is 2. The van der Waals surface area contributed by atoms with Crippen LogP contribution >= 0.6 is 25.3 Å². The van der Waals surface area contributed by atoms with Crippen LogP contribution in [0.4, 0.5) is 0 Å². The maximum atomic E-state index is 12.4. The first-order chi connectivity index (χ1) is 12.9. The molecule has 0 saturated carbocycles. The highest BCUT2D eigenvalue weighted by Gasteiger charge is 2.31. The minimum absolute atomic E-state index is 0.181. The van der Waals surface area contributed by atoms with Gasteiger partial charge in [0.25, 0.3) is 0 Å². The van der Waals surface area contributed by atoms with E-state index in [-0.39, 0.29) is 17.4 Å². The molecule has 11 nitrogen and oxygen atoms in total. The largest absolute Gasteiger partial charge is 0.481 e. The van der Waals surface area contributed by atoms with E-state index in [0.717, 1.165) is 0 Å². The van der Waals surface area contributed by atoms with Crippen LogP contribution in [-0.2, 0) is 24.0 Å². The first-order valence-corrected chi connectivity index (χ1v) is 9.54. The fourth-order valence-electron chi connectivity index (χ4n) is 1.88. The lowest BCUT2D eigenvalue weighted by Gasteiger charge is -2.24. The van der Waals surface area contributed by atoms with Crippen LogP contribution in [0.15, 0.2) is 0 Å². The number of nitrogens with two attached hydrogens (primary N) is 1. The summed E-state index contributed by atoms with van der Waals surface area (Å²) in [7, 11) is 0. The van der Waals surface area contributed by atoms with Crippen molar-refractivity contribution in [1.29, 1.82) is 0 Å². The summed E-state index contributed by atoms with van der Waals surface area (Å²) < 4.78 is 0. The summed E-state index contributed by atoms with van der Waals surface area (Å²) in [6.45, 7) is 3.36. The molecular formula is C15H26N4O7S2. The van der Waals surface area contributed by atoms with Crippen LogP contribution in [0.3, 0.4) is 0 Å². The Kier molecular flexibility index (Phi) is 11.6. The van der Waals surface area contributed by atoms with Crippen molar-refractivity contribution >= 4 is 54.9 Å². The Bertz CT molecular complexity index is 603. The number of carboxylic acid groups (broad SMARTS) is 2. The summed E-state index contributed by atoms with van der Waals surface area (Å²) in [5.41, 5.74) is 5.68. The average molecular weight is 439 g/mol. The third kappa shape index (κ3) is 8.80. The van der Waals surface area contributed by atoms with Crippen molar-refractivity contribution in [3.05, 3.63) is 0 Å². The van der Waals surface area contributed by atoms with Crippen molar-refractivity contribution in [2.75, 3.05) is 11.5 Å². The number of amides is 3. The van der Waals surface area contributed by atoms with Crippen LogP contribution < -0.4 is 21.7 Å². The molecule has 7 N–H and O–H groups in total. The number of carbonyl (C=O) groups excluding carboxylic acids is 3. The van der Waals surface area contributed by atoms with E-state index in [1.165, 1.54) is 0 Å². The number of rotatable bonds is 12. The molecule has 0 spiro atoms. The fraction of sp³-hybridized carbons (Fsp3) is 0.667. The molecule has 160 valence electrons. The van der Waals surface area contributed by atoms with Gasteiger partial charge in [0.1, 0.15) is 18.1 Å². The van der Waals surface area contributed by atoms with Crippen molar-refractivity contribution in [3.8, 4) is 0 Å². The van der Waals surface area contributed by atoms with E-state index in [2.05, 4.69) is 41.2 Å². The Morgan fingerprint density at radius 2 is 1.25 bits per heavy atom. The second kappa shape index (κ2) is 12.5. The molecule has 0 fully saturated rings. The molecule has 4 unspecified atom stereocenters. The predicted octanol–water partition coefficient (Wildman–Crippen LogP) is -2.16. The van der Waals surface area contributed by atoms with Crippen molar-refractivity contribution in [3.63, 3.8) is 0 Å². The van der Waals surface area contributed by atoms with Crippen LogP contribution in [0.25, 0.3) is 0 Å². The third-order valence-corrected chi connectivity index (χ3v) is 4.38. The van der Waals surface area contributed by atoms with E-state index in [1.807, 2.05) is 0 Å². The number of nitrogens with one attached hydrogen (secondary N) is 3. The number of carbonyl (C=O) groups is 5. The Morgan fingerprint density at radius 1 is 0.821 bits per heavy atom. The monoisotopic (exact) mass is 438 g/mol. The number of aliphatic carboxylic acids is 2. The van der Waals surface area contributed by atoms with Crippen LogP contribution in [0.2, 0.25) is 0 Å². The second-order valence-corrected chi connectivity index (χ2v) is 6.98. The zero-order valence-electron chi connectivity index (χ0n) is 15.4. The lowest BCUT2D eigenvalue weighted by Crippen LogP contribution is -2.58. The van der Waals surface area contributed by atoms with E-state index < -0.39 is 60.2 Å². The molecule has 13 heteroatoms. The Morgan fingerprint density at radius 3 is 1.64 bits per heavy atom. The Balaban J connectivity index is 5.19. The number of hydrogen-bond acceptors (Lipinski definition) is 8. The van der Waals surface area contributed by atoms with Gasteiger partial charge in [-0.2, -0.15) is 25.3 Å². The predicted molar refractivity (Wildman–Crippen MR) is 106 cm³/mol. The summed E-state index contributed by atoms with van der Waals surface area (Å²) >= 11 is 7.75. The zero-order valence-corrected chi connectivity index (χ0v) is 17.2. The summed E-state index contributed by atoms with van der Waals surface area (Å²) in [5.74, 6) is -5.81. The van der Waals surface area contributed by atoms with Crippen molar-refractivity contribution in [1.82, 2.24) is 16.0 Å². The molecule has 4 atom stereocenters. The maximum absolute atomic E-state index is 12.4. The minimum atomic E-state index is -1.48. The maximum Gasteiger partial charge on any atom is 0.327 e. The zero-order chi connectivity index (χ0) is 22.0. The fourth-order valence-corrected chi connectivity index (χ4v) is 2.38. The van der Waals surface area contributed by atoms with E-state index in [1.54, 1.807) is 13.8 Å². The molecule has 3 amide bonds. The molecule has 0 aliphatic heterocycles. The molecule has 0 bridgehead atoms. The van der Waals surface area contributed by atoms with Crippen LogP contribution in [0.1, 0.15) is 20.3 Å². The molecule has 0 aromatic carbocycles. The summed E-state index contributed by atoms with van der Waals surface area (Å²) in [6.07, 6.45) is -0.738. The van der Waals surface area contributed by atoms with Gasteiger partial charge >= 0.3 is 11.9 Å². The van der Waals surface area contributed by atoms with Gasteiger partial charge in [0.2, 0.25) is 17.7 Å². The van der Waals surface area contributed by atoms with Gasteiger partial charge < -0.3 is 31.9 Å². The topological polar surface area (TPSA) is 188 Å². The van der Waals surface area contributed by atoms with Crippen LogP contribution in [0, 0.1) is 5.92 Å². The number of carboxylic acids is 2. The van der Waals surface area contributed by atoms with Gasteiger partial charge in [-0.05, 0) is 5.92 Å². The van der Waals surface area contributed by atoms with Gasteiger partial charge in [0.05, 0.1) is 12.5 Å². The normalized spacial score (nSPS) is 15.1. The highest BCUT2D eigenvalue weighted by Crippen LogP contribution is 2.02. The molecule has 0 rings (SSSR count). The molecule has 0 saturated heterocycles. The molecule has 0 heterocycles. The van der Waals surface area contributed by atoms with Gasteiger partial charge in [-0.3, -0.25) is 19.2 Å². The Labute approximate surface area is 173 Å². The Hall–Kier alpha value is -1.99. The van der Waals surface area contributed by atoms with Crippen molar-refractivity contribution in [2.45, 2.75) is 44.4 Å². The van der Waals surface area contributed by atoms with E-state index in [4.69, 9.17) is 15.9 Å². The first-order valence-electron chi connectivity index (χ1n) is 8.27. The van der Waals surface area contributed by atoms with Crippen molar-refractivity contribution < 1.29 is 34.2 Å². The van der Waals surface area contributed by atoms with E-state index in [9.17, 15) is 24.0 Å². The van der Waals surface area contributed by atoms with Crippen LogP contribution in [-0.4, -0.2) is 75.5 Å². The lowest BCUT2D eigenvalue weighted by atomic mass is 10.0. The molecule has 0 radical (unpaired) electrons. The molecule has 0 aliphatic carbocycles. The number of hydrogen-bond donors (Lipinski definition) is 8. The molecule has 0 aromatic rings. The van der Waals surface area contributed by atoms with Crippen LogP contribution in [0.5, 0.6) is 0 Å². The molecular weight excluding hydrogens is 412 g/mol. The summed E-state index contributed by atoms with van der Waals surface area (Å²) in [5, 5.41) is 24.6. The SMILES string of the molecule is CC(C)C(N)C(=O)NC(CC(=O)O)C(=O)NC(CS)C(=O)NC(CS)C(=O)O. The summed E-state index contributed by atoms with van der Waals surface area (Å²) in [6, 6.07) is -4.98. The van der Waals surface area contributed by atoms with Gasteiger partial charge in [-0.25, -0.2) is 4.79 Å².